The lowest BCUT2D eigenvalue weighted by molar-refractivity contribution is 0.0977. The number of nitrogens with two attached hydrogens (primary N) is 1. The van der Waals surface area contributed by atoms with Crippen LogP contribution in [-0.2, 0) is 0 Å². The summed E-state index contributed by atoms with van der Waals surface area (Å²) in [7, 11) is 0. The second kappa shape index (κ2) is 5.45. The Hall–Kier alpha value is -2.93. The molecule has 3 aromatic rings. The van der Waals surface area contributed by atoms with Crippen molar-refractivity contribution in [3.63, 3.8) is 0 Å². The van der Waals surface area contributed by atoms with Crippen LogP contribution in [0.2, 0.25) is 5.15 Å². The van der Waals surface area contributed by atoms with E-state index in [9.17, 15) is 9.59 Å². The van der Waals surface area contributed by atoms with Crippen LogP contribution in [0.15, 0.2) is 41.1 Å². The smallest absolute Gasteiger partial charge is 0.286 e. The number of nitrogens with zero attached hydrogens (tertiary/aromatic N) is 2. The van der Waals surface area contributed by atoms with E-state index in [2.05, 4.69) is 15.3 Å². The van der Waals surface area contributed by atoms with Crippen LogP contribution < -0.4 is 11.1 Å². The van der Waals surface area contributed by atoms with Gasteiger partial charge in [-0.2, -0.15) is 0 Å². The lowest BCUT2D eigenvalue weighted by Gasteiger charge is -2.04. The Kier molecular flexibility index (Phi) is 3.48. The van der Waals surface area contributed by atoms with Gasteiger partial charge >= 0.3 is 0 Å². The molecule has 22 heavy (non-hydrogen) atoms. The Morgan fingerprint density at radius 1 is 1.23 bits per heavy atom. The third-order valence-corrected chi connectivity index (χ3v) is 3.12. The zero-order valence-electron chi connectivity index (χ0n) is 11.0. The molecule has 0 saturated carbocycles. The quantitative estimate of drug-likeness (QED) is 0.720. The molecular weight excluding hydrogens is 308 g/mol. The zero-order valence-corrected chi connectivity index (χ0v) is 11.8. The van der Waals surface area contributed by atoms with Crippen molar-refractivity contribution in [1.29, 1.82) is 0 Å². The number of nitrogens with one attached hydrogen (secondary N) is 1. The molecule has 3 rings (SSSR count). The maximum atomic E-state index is 12.3. The average Bonchev–Trinajstić information content (AvgIpc) is 2.86. The molecule has 3 heterocycles. The van der Waals surface area contributed by atoms with E-state index in [1.54, 1.807) is 12.1 Å². The van der Waals surface area contributed by atoms with Crippen molar-refractivity contribution < 1.29 is 14.0 Å². The van der Waals surface area contributed by atoms with Crippen molar-refractivity contribution in [3.8, 4) is 0 Å². The van der Waals surface area contributed by atoms with Gasteiger partial charge in [-0.1, -0.05) is 11.6 Å². The number of carbonyl (C=O) groups is 2. The van der Waals surface area contributed by atoms with Gasteiger partial charge in [0, 0.05) is 18.0 Å². The topological polar surface area (TPSA) is 111 Å². The molecule has 7 nitrogen and oxygen atoms in total. The maximum absolute atomic E-state index is 12.3. The molecule has 0 unspecified atom stereocenters. The van der Waals surface area contributed by atoms with Gasteiger partial charge in [0.05, 0.1) is 5.39 Å². The Morgan fingerprint density at radius 3 is 2.77 bits per heavy atom. The summed E-state index contributed by atoms with van der Waals surface area (Å²) >= 11 is 5.75. The largest absolute Gasteiger partial charge is 0.430 e. The second-order valence-electron chi connectivity index (χ2n) is 4.35. The highest BCUT2D eigenvalue weighted by atomic mass is 35.5. The summed E-state index contributed by atoms with van der Waals surface area (Å²) in [5.41, 5.74) is 5.94. The Morgan fingerprint density at radius 2 is 2.05 bits per heavy atom. The summed E-state index contributed by atoms with van der Waals surface area (Å²) in [4.78, 5) is 31.5. The molecule has 110 valence electrons. The minimum atomic E-state index is -0.805. The van der Waals surface area contributed by atoms with Crippen molar-refractivity contribution in [2.45, 2.75) is 0 Å². The Balaban J connectivity index is 2.04. The lowest BCUT2D eigenvalue weighted by Crippen LogP contribution is -2.17. The molecule has 3 aromatic heterocycles. The number of fused-ring (bicyclic) bond motifs is 1. The number of carbonyl (C=O) groups excluding carboxylic acids is 2. The summed E-state index contributed by atoms with van der Waals surface area (Å²) in [6.45, 7) is 0. The van der Waals surface area contributed by atoms with Crippen LogP contribution in [0, 0.1) is 0 Å². The van der Waals surface area contributed by atoms with Crippen LogP contribution >= 0.6 is 11.6 Å². The number of furan rings is 1. The van der Waals surface area contributed by atoms with Crippen LogP contribution in [0.1, 0.15) is 20.9 Å². The Labute approximate surface area is 129 Å². The van der Waals surface area contributed by atoms with E-state index in [1.807, 2.05) is 0 Å². The average molecular weight is 317 g/mol. The molecule has 0 aliphatic carbocycles. The summed E-state index contributed by atoms with van der Waals surface area (Å²) in [5, 5.41) is 3.26. The lowest BCUT2D eigenvalue weighted by atomic mass is 10.2. The predicted octanol–water partition coefficient (Wildman–Crippen LogP) is 2.23. The van der Waals surface area contributed by atoms with E-state index in [0.717, 1.165) is 0 Å². The molecule has 0 bridgehead atoms. The first-order valence-electron chi connectivity index (χ1n) is 6.16. The van der Waals surface area contributed by atoms with Gasteiger partial charge in [0.1, 0.15) is 10.8 Å². The van der Waals surface area contributed by atoms with Gasteiger partial charge in [-0.25, -0.2) is 9.97 Å². The van der Waals surface area contributed by atoms with Gasteiger partial charge in [0.25, 0.3) is 11.8 Å². The van der Waals surface area contributed by atoms with Gasteiger partial charge in [0.2, 0.25) is 11.5 Å². The van der Waals surface area contributed by atoms with Crippen molar-refractivity contribution in [1.82, 2.24) is 9.97 Å². The van der Waals surface area contributed by atoms with Crippen molar-refractivity contribution in [3.05, 3.63) is 53.1 Å². The molecule has 0 aliphatic rings. The van der Waals surface area contributed by atoms with Crippen molar-refractivity contribution in [2.24, 2.45) is 5.73 Å². The van der Waals surface area contributed by atoms with Crippen LogP contribution in [-0.4, -0.2) is 21.8 Å². The van der Waals surface area contributed by atoms with E-state index in [4.69, 9.17) is 21.8 Å². The molecule has 0 fully saturated rings. The van der Waals surface area contributed by atoms with Crippen LogP contribution in [0.5, 0.6) is 0 Å². The number of pyridine rings is 2. The monoisotopic (exact) mass is 316 g/mol. The molecular formula is C14H9ClN4O3. The van der Waals surface area contributed by atoms with Crippen LogP contribution in [0.4, 0.5) is 5.69 Å². The zero-order chi connectivity index (χ0) is 15.7. The van der Waals surface area contributed by atoms with Gasteiger partial charge < -0.3 is 15.5 Å². The SMILES string of the molecule is NC(=O)c1oc2ncccc2c1NC(=O)c1ccnc(Cl)c1. The fraction of sp³-hybridized carbons (Fsp3) is 0. The van der Waals surface area contributed by atoms with Gasteiger partial charge in [-0.3, -0.25) is 9.59 Å². The van der Waals surface area contributed by atoms with E-state index in [0.29, 0.717) is 5.39 Å². The fourth-order valence-corrected chi connectivity index (χ4v) is 2.13. The maximum Gasteiger partial charge on any atom is 0.286 e. The highest BCUT2D eigenvalue weighted by Gasteiger charge is 2.21. The van der Waals surface area contributed by atoms with Gasteiger partial charge in [-0.05, 0) is 24.3 Å². The van der Waals surface area contributed by atoms with Crippen molar-refractivity contribution in [2.75, 3.05) is 5.32 Å². The molecule has 0 aliphatic heterocycles. The molecule has 0 radical (unpaired) electrons. The highest BCUT2D eigenvalue weighted by Crippen LogP contribution is 2.29. The standard InChI is InChI=1S/C14H9ClN4O3/c15-9-6-7(3-5-17-9)13(21)19-10-8-2-1-4-18-14(8)22-11(10)12(16)20/h1-6H,(H2,16,20)(H,19,21). The first-order chi connectivity index (χ1) is 10.6. The first-order valence-corrected chi connectivity index (χ1v) is 6.54. The van der Waals surface area contributed by atoms with E-state index < -0.39 is 11.8 Å². The first kappa shape index (κ1) is 14.0. The molecule has 3 N–H and O–H groups in total. The number of halogens is 1. The number of hydrogen-bond acceptors (Lipinski definition) is 5. The number of amides is 2. The van der Waals surface area contributed by atoms with E-state index in [-0.39, 0.29) is 27.9 Å². The third kappa shape index (κ3) is 2.49. The Bertz CT molecular complexity index is 891. The third-order valence-electron chi connectivity index (χ3n) is 2.92. The summed E-state index contributed by atoms with van der Waals surface area (Å²) < 4.78 is 5.28. The fourth-order valence-electron chi connectivity index (χ4n) is 1.96. The second-order valence-corrected chi connectivity index (χ2v) is 4.74. The molecule has 0 saturated heterocycles. The molecule has 8 heteroatoms. The number of rotatable bonds is 3. The molecule has 2 amide bonds. The van der Waals surface area contributed by atoms with Gasteiger partial charge in [0.15, 0.2) is 0 Å². The normalized spacial score (nSPS) is 10.6. The number of aromatic nitrogens is 2. The van der Waals surface area contributed by atoms with E-state index >= 15 is 0 Å². The van der Waals surface area contributed by atoms with Crippen LogP contribution in [0.25, 0.3) is 11.1 Å². The van der Waals surface area contributed by atoms with E-state index in [1.165, 1.54) is 24.5 Å². The van der Waals surface area contributed by atoms with Crippen LogP contribution in [0.3, 0.4) is 0 Å². The number of anilines is 1. The molecule has 0 aromatic carbocycles. The molecule has 0 spiro atoms. The van der Waals surface area contributed by atoms with Crippen molar-refractivity contribution >= 4 is 40.2 Å². The summed E-state index contributed by atoms with van der Waals surface area (Å²) in [5.74, 6) is -1.44. The minimum Gasteiger partial charge on any atom is -0.430 e. The summed E-state index contributed by atoms with van der Waals surface area (Å²) in [6.07, 6.45) is 2.91. The highest BCUT2D eigenvalue weighted by molar-refractivity contribution is 6.29. The predicted molar refractivity (Wildman–Crippen MR) is 79.7 cm³/mol. The number of hydrogen-bond donors (Lipinski definition) is 2. The summed E-state index contributed by atoms with van der Waals surface area (Å²) in [6, 6.07) is 6.21. The molecule has 0 atom stereocenters. The number of primary amides is 1. The van der Waals surface area contributed by atoms with Gasteiger partial charge in [-0.15, -0.1) is 0 Å². The minimum absolute atomic E-state index is 0.165.